The Morgan fingerprint density at radius 3 is 2.78 bits per heavy atom. The average Bonchev–Trinajstić information content (AvgIpc) is 2.39. The normalized spacial score (nSPS) is 27.5. The molecule has 1 fully saturated rings. The predicted molar refractivity (Wildman–Crippen MR) is 78.3 cm³/mol. The van der Waals surface area contributed by atoms with Gasteiger partial charge in [0.1, 0.15) is 0 Å². The van der Waals surface area contributed by atoms with Crippen LogP contribution in [-0.4, -0.2) is 30.5 Å². The lowest BCUT2D eigenvalue weighted by atomic mass is 9.70. The van der Waals surface area contributed by atoms with Crippen LogP contribution in [0.1, 0.15) is 32.6 Å². The zero-order valence-corrected chi connectivity index (χ0v) is 12.0. The lowest BCUT2D eigenvalue weighted by Crippen LogP contribution is -2.48. The number of terminal acetylenes is 1. The van der Waals surface area contributed by atoms with Crippen molar-refractivity contribution in [2.75, 3.05) is 24.6 Å². The molecular formula is C14H24N2OS. The summed E-state index contributed by atoms with van der Waals surface area (Å²) in [5.74, 6) is 5.01. The third-order valence-corrected chi connectivity index (χ3v) is 4.68. The molecule has 1 aliphatic rings. The Kier molecular flexibility index (Phi) is 6.59. The SMILES string of the molecule is C#CCSCCNC(=O)C1(CN)CCC(C)CC1. The first-order valence-corrected chi connectivity index (χ1v) is 7.79. The maximum absolute atomic E-state index is 12.2. The maximum atomic E-state index is 12.2. The van der Waals surface area contributed by atoms with Crippen molar-refractivity contribution in [3.8, 4) is 12.3 Å². The topological polar surface area (TPSA) is 55.1 Å². The molecule has 0 saturated heterocycles. The number of hydrogen-bond donors (Lipinski definition) is 2. The molecule has 0 aliphatic heterocycles. The number of nitrogens with one attached hydrogen (secondary N) is 1. The minimum absolute atomic E-state index is 0.137. The second-order valence-corrected chi connectivity index (χ2v) is 6.28. The largest absolute Gasteiger partial charge is 0.355 e. The van der Waals surface area contributed by atoms with Crippen molar-refractivity contribution >= 4 is 17.7 Å². The molecule has 0 heterocycles. The highest BCUT2D eigenvalue weighted by Crippen LogP contribution is 2.38. The summed E-state index contributed by atoms with van der Waals surface area (Å²) in [4.78, 5) is 12.2. The minimum atomic E-state index is -0.316. The fraction of sp³-hybridized carbons (Fsp3) is 0.786. The molecule has 0 aromatic heterocycles. The molecule has 102 valence electrons. The van der Waals surface area contributed by atoms with Crippen LogP contribution in [0.2, 0.25) is 0 Å². The van der Waals surface area contributed by atoms with Gasteiger partial charge in [-0.2, -0.15) is 0 Å². The van der Waals surface area contributed by atoms with Crippen LogP contribution in [0.15, 0.2) is 0 Å². The van der Waals surface area contributed by atoms with Gasteiger partial charge in [-0.1, -0.05) is 12.8 Å². The van der Waals surface area contributed by atoms with E-state index in [1.807, 2.05) is 0 Å². The van der Waals surface area contributed by atoms with Crippen molar-refractivity contribution in [3.05, 3.63) is 0 Å². The van der Waals surface area contributed by atoms with Gasteiger partial charge < -0.3 is 11.1 Å². The van der Waals surface area contributed by atoms with Crippen molar-refractivity contribution in [1.82, 2.24) is 5.32 Å². The predicted octanol–water partition coefficient (Wildman–Crippen LogP) is 1.62. The number of thioether (sulfide) groups is 1. The second kappa shape index (κ2) is 7.70. The monoisotopic (exact) mass is 268 g/mol. The quantitative estimate of drug-likeness (QED) is 0.568. The minimum Gasteiger partial charge on any atom is -0.355 e. The van der Waals surface area contributed by atoms with Gasteiger partial charge in [0, 0.05) is 18.8 Å². The number of nitrogens with two attached hydrogens (primary N) is 1. The Morgan fingerprint density at radius 2 is 2.22 bits per heavy atom. The van der Waals surface area contributed by atoms with E-state index in [1.165, 1.54) is 0 Å². The summed E-state index contributed by atoms with van der Waals surface area (Å²) >= 11 is 1.67. The molecule has 0 aromatic rings. The standard InChI is InChI=1S/C14H24N2OS/c1-3-9-18-10-8-16-13(17)14(11-15)6-4-12(2)5-7-14/h1,12H,4-11,15H2,2H3,(H,16,17). The van der Waals surface area contributed by atoms with Gasteiger partial charge in [0.15, 0.2) is 0 Å². The first kappa shape index (κ1) is 15.4. The molecular weight excluding hydrogens is 244 g/mol. The molecule has 3 N–H and O–H groups in total. The molecule has 0 unspecified atom stereocenters. The molecule has 0 atom stereocenters. The third kappa shape index (κ3) is 4.22. The molecule has 0 aromatic carbocycles. The van der Waals surface area contributed by atoms with Gasteiger partial charge >= 0.3 is 0 Å². The smallest absolute Gasteiger partial charge is 0.227 e. The van der Waals surface area contributed by atoms with E-state index in [1.54, 1.807) is 11.8 Å². The molecule has 3 nitrogen and oxygen atoms in total. The summed E-state index contributed by atoms with van der Waals surface area (Å²) in [6.45, 7) is 3.39. The number of carbonyl (C=O) groups excluding carboxylic acids is 1. The molecule has 4 heteroatoms. The summed E-state index contributed by atoms with van der Waals surface area (Å²) in [6.07, 6.45) is 9.23. The van der Waals surface area contributed by atoms with E-state index < -0.39 is 0 Å². The lowest BCUT2D eigenvalue weighted by molar-refractivity contribution is -0.132. The molecule has 18 heavy (non-hydrogen) atoms. The fourth-order valence-electron chi connectivity index (χ4n) is 2.39. The highest BCUT2D eigenvalue weighted by molar-refractivity contribution is 7.99. The van der Waals surface area contributed by atoms with Gasteiger partial charge in [0.05, 0.1) is 11.2 Å². The molecule has 0 bridgehead atoms. The average molecular weight is 268 g/mol. The number of rotatable bonds is 6. The molecule has 1 rings (SSSR count). The van der Waals surface area contributed by atoms with Crippen LogP contribution in [0.5, 0.6) is 0 Å². The van der Waals surface area contributed by atoms with E-state index in [2.05, 4.69) is 18.2 Å². The zero-order chi connectivity index (χ0) is 13.4. The van der Waals surface area contributed by atoms with Crippen LogP contribution in [0.4, 0.5) is 0 Å². The highest BCUT2D eigenvalue weighted by atomic mass is 32.2. The van der Waals surface area contributed by atoms with Crippen LogP contribution in [0, 0.1) is 23.7 Å². The Bertz CT molecular complexity index is 303. The second-order valence-electron chi connectivity index (χ2n) is 5.18. The molecule has 1 aliphatic carbocycles. The van der Waals surface area contributed by atoms with Crippen LogP contribution in [-0.2, 0) is 4.79 Å². The van der Waals surface area contributed by atoms with E-state index in [4.69, 9.17) is 12.2 Å². The van der Waals surface area contributed by atoms with Gasteiger partial charge in [-0.05, 0) is 31.6 Å². The Balaban J connectivity index is 2.36. The van der Waals surface area contributed by atoms with Crippen LogP contribution < -0.4 is 11.1 Å². The fourth-order valence-corrected chi connectivity index (χ4v) is 2.90. The van der Waals surface area contributed by atoms with E-state index in [0.717, 1.165) is 37.4 Å². The van der Waals surface area contributed by atoms with Crippen molar-refractivity contribution in [2.45, 2.75) is 32.6 Å². The Hall–Kier alpha value is -0.660. The van der Waals surface area contributed by atoms with Crippen molar-refractivity contribution < 1.29 is 4.79 Å². The van der Waals surface area contributed by atoms with Gasteiger partial charge in [-0.25, -0.2) is 0 Å². The van der Waals surface area contributed by atoms with E-state index in [9.17, 15) is 4.79 Å². The lowest BCUT2D eigenvalue weighted by Gasteiger charge is -2.37. The van der Waals surface area contributed by atoms with Gasteiger partial charge in [-0.15, -0.1) is 18.2 Å². The third-order valence-electron chi connectivity index (χ3n) is 3.82. The van der Waals surface area contributed by atoms with E-state index in [-0.39, 0.29) is 11.3 Å². The van der Waals surface area contributed by atoms with Crippen molar-refractivity contribution in [1.29, 1.82) is 0 Å². The van der Waals surface area contributed by atoms with Crippen molar-refractivity contribution in [3.63, 3.8) is 0 Å². The van der Waals surface area contributed by atoms with E-state index >= 15 is 0 Å². The van der Waals surface area contributed by atoms with Gasteiger partial charge in [0.2, 0.25) is 5.91 Å². The van der Waals surface area contributed by atoms with Crippen molar-refractivity contribution in [2.24, 2.45) is 17.1 Å². The maximum Gasteiger partial charge on any atom is 0.227 e. The Morgan fingerprint density at radius 1 is 1.56 bits per heavy atom. The summed E-state index contributed by atoms with van der Waals surface area (Å²) in [5, 5.41) is 3.01. The molecule has 1 saturated carbocycles. The zero-order valence-electron chi connectivity index (χ0n) is 11.2. The summed E-state index contributed by atoms with van der Waals surface area (Å²) in [5.41, 5.74) is 5.53. The highest BCUT2D eigenvalue weighted by Gasteiger charge is 2.39. The van der Waals surface area contributed by atoms with Gasteiger partial charge in [0.25, 0.3) is 0 Å². The first-order chi connectivity index (χ1) is 8.64. The molecule has 0 spiro atoms. The molecule has 1 amide bonds. The van der Waals surface area contributed by atoms with Crippen LogP contribution in [0.3, 0.4) is 0 Å². The Labute approximate surface area is 115 Å². The first-order valence-electron chi connectivity index (χ1n) is 6.64. The van der Waals surface area contributed by atoms with E-state index in [0.29, 0.717) is 18.8 Å². The van der Waals surface area contributed by atoms with Gasteiger partial charge in [-0.3, -0.25) is 4.79 Å². The van der Waals surface area contributed by atoms with Crippen LogP contribution in [0.25, 0.3) is 0 Å². The summed E-state index contributed by atoms with van der Waals surface area (Å²) in [7, 11) is 0. The summed E-state index contributed by atoms with van der Waals surface area (Å²) in [6, 6.07) is 0. The number of carbonyl (C=O) groups is 1. The number of hydrogen-bond acceptors (Lipinski definition) is 3. The number of amides is 1. The molecule has 0 radical (unpaired) electrons. The van der Waals surface area contributed by atoms with Crippen LogP contribution >= 0.6 is 11.8 Å². The summed E-state index contributed by atoms with van der Waals surface area (Å²) < 4.78 is 0.